The highest BCUT2D eigenvalue weighted by Gasteiger charge is 2.30. The van der Waals surface area contributed by atoms with Crippen LogP contribution in [0.25, 0.3) is 0 Å². The molecule has 2 unspecified atom stereocenters. The number of esters is 4. The first-order chi connectivity index (χ1) is 40.9. The van der Waals surface area contributed by atoms with E-state index in [-0.39, 0.29) is 25.7 Å². The summed E-state index contributed by atoms with van der Waals surface area (Å²) in [5.41, 5.74) is 0. The molecule has 19 heteroatoms. The van der Waals surface area contributed by atoms with Crippen molar-refractivity contribution in [3.63, 3.8) is 0 Å². The van der Waals surface area contributed by atoms with E-state index in [1.807, 2.05) is 0 Å². The molecule has 0 spiro atoms. The molecule has 3 N–H and O–H groups in total. The van der Waals surface area contributed by atoms with Crippen molar-refractivity contribution >= 4 is 39.5 Å². The lowest BCUT2D eigenvalue weighted by atomic mass is 10.0. The SMILES string of the molecule is CCCCCCCCCCCCC(=O)OC[C@H](COP(=O)(O)OC[C@@H](O)COP(=O)(O)OC[C@@H](COC(=O)CCCCCCCCCC)OC(=O)CCCCCCCCC(C)C)OC(=O)CCCCCCCCCCCCCCCCCC(C)C. The lowest BCUT2D eigenvalue weighted by Gasteiger charge is -2.21. The van der Waals surface area contributed by atoms with Crippen LogP contribution in [0.3, 0.4) is 0 Å². The molecule has 5 atom stereocenters. The minimum absolute atomic E-state index is 0.102. The molecule has 0 amide bonds. The third-order valence-corrected chi connectivity index (χ3v) is 17.1. The van der Waals surface area contributed by atoms with E-state index in [0.717, 1.165) is 102 Å². The standard InChI is InChI=1S/C66H128O17P2/c1-7-9-11-13-15-17-26-30-37-43-49-64(69)77-54-61(82-65(70)50-44-38-31-27-24-22-20-18-19-21-23-25-28-34-40-46-58(3)4)56-80-84(72,73)78-52-60(67)53-79-85(74,75)81-57-62(55-76-63(68)48-42-36-29-16-14-12-10-8-2)83-66(71)51-45-39-33-32-35-41-47-59(5)6/h58-62,67H,7-57H2,1-6H3,(H,72,73)(H,74,75)/t60-,61-,62-/m1/s1. The molecule has 0 aromatic heterocycles. The van der Waals surface area contributed by atoms with Crippen molar-refractivity contribution < 1.29 is 80.2 Å². The van der Waals surface area contributed by atoms with Crippen molar-refractivity contribution in [3.05, 3.63) is 0 Å². The van der Waals surface area contributed by atoms with Crippen molar-refractivity contribution in [3.8, 4) is 0 Å². The van der Waals surface area contributed by atoms with Gasteiger partial charge in [-0.2, -0.15) is 0 Å². The van der Waals surface area contributed by atoms with Gasteiger partial charge in [-0.3, -0.25) is 37.3 Å². The summed E-state index contributed by atoms with van der Waals surface area (Å²) in [4.78, 5) is 72.2. The van der Waals surface area contributed by atoms with Crippen LogP contribution in [0.5, 0.6) is 0 Å². The summed E-state index contributed by atoms with van der Waals surface area (Å²) in [5.74, 6) is -0.665. The predicted molar refractivity (Wildman–Crippen MR) is 340 cm³/mol. The third-order valence-electron chi connectivity index (χ3n) is 15.2. The van der Waals surface area contributed by atoms with Crippen molar-refractivity contribution in [2.45, 2.75) is 349 Å². The molecule has 0 aliphatic carbocycles. The van der Waals surface area contributed by atoms with Gasteiger partial charge in [0.1, 0.15) is 19.3 Å². The summed E-state index contributed by atoms with van der Waals surface area (Å²) in [6.45, 7) is 9.41. The molecule has 0 aliphatic heterocycles. The highest BCUT2D eigenvalue weighted by Crippen LogP contribution is 2.45. The van der Waals surface area contributed by atoms with E-state index in [2.05, 4.69) is 41.5 Å². The third kappa shape index (κ3) is 60.7. The van der Waals surface area contributed by atoms with Crippen molar-refractivity contribution in [1.29, 1.82) is 0 Å². The van der Waals surface area contributed by atoms with Crippen LogP contribution in [0.2, 0.25) is 0 Å². The number of aliphatic hydroxyl groups is 1. The van der Waals surface area contributed by atoms with Crippen LogP contribution in [-0.2, 0) is 65.4 Å². The molecule has 0 radical (unpaired) electrons. The summed E-state index contributed by atoms with van der Waals surface area (Å²) < 4.78 is 68.0. The summed E-state index contributed by atoms with van der Waals surface area (Å²) >= 11 is 0. The van der Waals surface area contributed by atoms with Crippen molar-refractivity contribution in [2.75, 3.05) is 39.6 Å². The van der Waals surface area contributed by atoms with Gasteiger partial charge in [0.25, 0.3) is 0 Å². The van der Waals surface area contributed by atoms with Crippen LogP contribution in [0.4, 0.5) is 0 Å². The minimum Gasteiger partial charge on any atom is -0.462 e. The van der Waals surface area contributed by atoms with E-state index in [4.69, 9.17) is 37.0 Å². The molecule has 17 nitrogen and oxygen atoms in total. The number of phosphoric ester groups is 2. The number of phosphoric acid groups is 2. The maximum atomic E-state index is 13.0. The number of unbranched alkanes of at least 4 members (excludes halogenated alkanes) is 35. The molecule has 504 valence electrons. The zero-order chi connectivity index (χ0) is 62.9. The Balaban J connectivity index is 5.17. The quantitative estimate of drug-likeness (QED) is 0.0222. The number of hydrogen-bond donors (Lipinski definition) is 3. The van der Waals surface area contributed by atoms with Crippen LogP contribution in [0, 0.1) is 11.8 Å². The zero-order valence-corrected chi connectivity index (χ0v) is 56.7. The molecule has 0 aromatic rings. The number of carbonyl (C=O) groups excluding carboxylic acids is 4. The van der Waals surface area contributed by atoms with Gasteiger partial charge < -0.3 is 33.8 Å². The summed E-state index contributed by atoms with van der Waals surface area (Å²) in [6, 6.07) is 0. The predicted octanol–water partition coefficient (Wildman–Crippen LogP) is 18.4. The lowest BCUT2D eigenvalue weighted by molar-refractivity contribution is -0.161. The van der Waals surface area contributed by atoms with Crippen molar-refractivity contribution in [1.82, 2.24) is 0 Å². The minimum atomic E-state index is -4.95. The number of rotatable bonds is 65. The normalized spacial score (nSPS) is 14.2. The average molecular weight is 1260 g/mol. The number of ether oxygens (including phenoxy) is 4. The Kier molecular flexibility index (Phi) is 57.1. The molecule has 0 rings (SSSR count). The Hall–Kier alpha value is -1.94. The molecule has 85 heavy (non-hydrogen) atoms. The van der Waals surface area contributed by atoms with E-state index < -0.39 is 97.5 Å². The Morgan fingerprint density at radius 2 is 0.541 bits per heavy atom. The van der Waals surface area contributed by atoms with Gasteiger partial charge in [0.15, 0.2) is 12.2 Å². The maximum Gasteiger partial charge on any atom is 0.472 e. The van der Waals surface area contributed by atoms with E-state index in [0.29, 0.717) is 31.6 Å². The average Bonchev–Trinajstić information content (AvgIpc) is 3.55. The fourth-order valence-electron chi connectivity index (χ4n) is 9.88. The number of carbonyl (C=O) groups is 4. The smallest absolute Gasteiger partial charge is 0.462 e. The van der Waals surface area contributed by atoms with Gasteiger partial charge in [0, 0.05) is 25.7 Å². The van der Waals surface area contributed by atoms with Crippen LogP contribution in [-0.4, -0.2) is 96.7 Å². The van der Waals surface area contributed by atoms with E-state index in [1.54, 1.807) is 0 Å². The molecule has 0 aromatic carbocycles. The molecule has 0 saturated carbocycles. The number of hydrogen-bond acceptors (Lipinski definition) is 15. The van der Waals surface area contributed by atoms with Gasteiger partial charge in [-0.15, -0.1) is 0 Å². The first kappa shape index (κ1) is 83.1. The van der Waals surface area contributed by atoms with Gasteiger partial charge in [0.2, 0.25) is 0 Å². The van der Waals surface area contributed by atoms with Gasteiger partial charge in [-0.25, -0.2) is 9.13 Å². The number of aliphatic hydroxyl groups excluding tert-OH is 1. The van der Waals surface area contributed by atoms with Crippen LogP contribution >= 0.6 is 15.6 Å². The van der Waals surface area contributed by atoms with Gasteiger partial charge in [0.05, 0.1) is 26.4 Å². The van der Waals surface area contributed by atoms with E-state index in [1.165, 1.54) is 141 Å². The molecular weight excluding hydrogens is 1130 g/mol. The largest absolute Gasteiger partial charge is 0.472 e. The second kappa shape index (κ2) is 58.4. The molecule has 0 fully saturated rings. The first-order valence-corrected chi connectivity index (χ1v) is 37.5. The monoisotopic (exact) mass is 1250 g/mol. The summed E-state index contributed by atoms with van der Waals surface area (Å²) in [7, 11) is -9.88. The highest BCUT2D eigenvalue weighted by atomic mass is 31.2. The Labute approximate surface area is 517 Å². The topological polar surface area (TPSA) is 237 Å². The molecule has 0 heterocycles. The Morgan fingerprint density at radius 3 is 0.800 bits per heavy atom. The second-order valence-electron chi connectivity index (χ2n) is 24.8. The van der Waals surface area contributed by atoms with Gasteiger partial charge >= 0.3 is 39.5 Å². The molecule has 0 saturated heterocycles. The maximum absolute atomic E-state index is 13.0. The lowest BCUT2D eigenvalue weighted by Crippen LogP contribution is -2.30. The summed E-state index contributed by atoms with van der Waals surface area (Å²) in [6.07, 6.45) is 41.9. The molecule has 0 bridgehead atoms. The van der Waals surface area contributed by atoms with Crippen molar-refractivity contribution in [2.24, 2.45) is 11.8 Å². The van der Waals surface area contributed by atoms with Crippen LogP contribution in [0.1, 0.15) is 330 Å². The fourth-order valence-corrected chi connectivity index (χ4v) is 11.5. The van der Waals surface area contributed by atoms with Crippen LogP contribution in [0.15, 0.2) is 0 Å². The van der Waals surface area contributed by atoms with E-state index in [9.17, 15) is 43.2 Å². The summed E-state index contributed by atoms with van der Waals surface area (Å²) in [5, 5.41) is 10.5. The zero-order valence-electron chi connectivity index (χ0n) is 54.9. The first-order valence-electron chi connectivity index (χ1n) is 34.5. The van der Waals surface area contributed by atoms with E-state index >= 15 is 0 Å². The molecule has 0 aliphatic rings. The Morgan fingerprint density at radius 1 is 0.318 bits per heavy atom. The Bertz CT molecular complexity index is 1670. The highest BCUT2D eigenvalue weighted by molar-refractivity contribution is 7.47. The van der Waals surface area contributed by atoms with Crippen LogP contribution < -0.4 is 0 Å². The fraction of sp³-hybridized carbons (Fsp3) is 0.939. The van der Waals surface area contributed by atoms with Gasteiger partial charge in [-0.05, 0) is 37.5 Å². The second-order valence-corrected chi connectivity index (χ2v) is 27.7. The molecular formula is C66H128O17P2. The van der Waals surface area contributed by atoms with Gasteiger partial charge in [-0.1, -0.05) is 279 Å².